The topological polar surface area (TPSA) is 78.7 Å². The molecule has 1 saturated heterocycles. The third-order valence-electron chi connectivity index (χ3n) is 4.69. The lowest BCUT2D eigenvalue weighted by molar-refractivity contribution is -0.135. The minimum atomic E-state index is -0.868. The number of likely N-dealkylation sites (tertiary alicyclic amines) is 1. The van der Waals surface area contributed by atoms with Crippen LogP contribution in [0.25, 0.3) is 0 Å². The Hall–Kier alpha value is -2.83. The van der Waals surface area contributed by atoms with Gasteiger partial charge in [-0.1, -0.05) is 18.2 Å². The lowest BCUT2D eigenvalue weighted by Gasteiger charge is -2.43. The van der Waals surface area contributed by atoms with Gasteiger partial charge in [0.25, 0.3) is 5.91 Å². The molecule has 3 rings (SSSR count). The molecular formula is C19H24N4O3. The molecule has 0 radical (unpaired) electrons. The maximum atomic E-state index is 13.0. The van der Waals surface area contributed by atoms with E-state index in [1.165, 1.54) is 6.39 Å². The highest BCUT2D eigenvalue weighted by Crippen LogP contribution is 2.29. The van der Waals surface area contributed by atoms with Crippen LogP contribution in [0.5, 0.6) is 0 Å². The number of likely N-dealkylation sites (N-methyl/N-ethyl adjacent to an activating group) is 1. The second kappa shape index (κ2) is 7.19. The molecule has 1 fully saturated rings. The zero-order chi connectivity index (χ0) is 18.7. The SMILES string of the molecule is Cc1ncoc1C(=O)N1CCCC(Nc2ccccc2)(C(=O)N(C)C)C1. The molecule has 1 aliphatic rings. The smallest absolute Gasteiger partial charge is 0.291 e. The number of oxazole rings is 1. The maximum Gasteiger partial charge on any atom is 0.291 e. The Kier molecular flexibility index (Phi) is 4.97. The largest absolute Gasteiger partial charge is 0.438 e. The van der Waals surface area contributed by atoms with Gasteiger partial charge in [-0.15, -0.1) is 0 Å². The number of carbonyl (C=O) groups is 2. The molecule has 7 heteroatoms. The first-order valence-electron chi connectivity index (χ1n) is 8.67. The Balaban J connectivity index is 1.90. The quantitative estimate of drug-likeness (QED) is 0.908. The summed E-state index contributed by atoms with van der Waals surface area (Å²) in [4.78, 5) is 33.1. The molecule has 0 spiro atoms. The van der Waals surface area contributed by atoms with Crippen LogP contribution in [-0.2, 0) is 4.79 Å². The third kappa shape index (κ3) is 3.42. The van der Waals surface area contributed by atoms with Crippen molar-refractivity contribution in [3.8, 4) is 0 Å². The number of aromatic nitrogens is 1. The second-order valence-corrected chi connectivity index (χ2v) is 6.87. The summed E-state index contributed by atoms with van der Waals surface area (Å²) in [5.41, 5.74) is 0.543. The molecule has 2 heterocycles. The average molecular weight is 356 g/mol. The highest BCUT2D eigenvalue weighted by atomic mass is 16.3. The Labute approximate surface area is 153 Å². The van der Waals surface area contributed by atoms with Crippen LogP contribution in [0.4, 0.5) is 5.69 Å². The molecule has 2 aromatic rings. The molecule has 1 atom stereocenters. The van der Waals surface area contributed by atoms with E-state index in [1.54, 1.807) is 30.8 Å². The first-order chi connectivity index (χ1) is 12.4. The number of hydrogen-bond acceptors (Lipinski definition) is 5. The normalized spacial score (nSPS) is 19.9. The number of para-hydroxylation sites is 1. The summed E-state index contributed by atoms with van der Waals surface area (Å²) in [6.07, 6.45) is 2.64. The number of anilines is 1. The van der Waals surface area contributed by atoms with E-state index in [2.05, 4.69) is 10.3 Å². The van der Waals surface area contributed by atoms with Crippen LogP contribution in [0.3, 0.4) is 0 Å². The van der Waals surface area contributed by atoms with Crippen molar-refractivity contribution >= 4 is 17.5 Å². The van der Waals surface area contributed by atoms with Crippen LogP contribution >= 0.6 is 0 Å². The van der Waals surface area contributed by atoms with Gasteiger partial charge in [0.15, 0.2) is 6.39 Å². The van der Waals surface area contributed by atoms with Gasteiger partial charge < -0.3 is 19.5 Å². The molecule has 2 amide bonds. The summed E-state index contributed by atoms with van der Waals surface area (Å²) in [5, 5.41) is 3.39. The van der Waals surface area contributed by atoms with Gasteiger partial charge >= 0.3 is 0 Å². The zero-order valence-electron chi connectivity index (χ0n) is 15.4. The van der Waals surface area contributed by atoms with E-state index in [0.717, 1.165) is 12.1 Å². The van der Waals surface area contributed by atoms with Crippen LogP contribution in [0.2, 0.25) is 0 Å². The zero-order valence-corrected chi connectivity index (χ0v) is 15.4. The van der Waals surface area contributed by atoms with Crippen molar-refractivity contribution in [1.29, 1.82) is 0 Å². The fraction of sp³-hybridized carbons (Fsp3) is 0.421. The Morgan fingerprint density at radius 3 is 2.62 bits per heavy atom. The Bertz CT molecular complexity index is 787. The monoisotopic (exact) mass is 356 g/mol. The molecule has 26 heavy (non-hydrogen) atoms. The first kappa shape index (κ1) is 18.0. The number of carbonyl (C=O) groups excluding carboxylic acids is 2. The van der Waals surface area contributed by atoms with Crippen LogP contribution in [0.15, 0.2) is 41.1 Å². The number of hydrogen-bond donors (Lipinski definition) is 1. The van der Waals surface area contributed by atoms with Crippen molar-refractivity contribution < 1.29 is 14.0 Å². The number of nitrogens with one attached hydrogen (secondary N) is 1. The molecule has 1 unspecified atom stereocenters. The van der Waals surface area contributed by atoms with Crippen LogP contribution in [0.1, 0.15) is 29.1 Å². The van der Waals surface area contributed by atoms with Crippen molar-refractivity contribution in [2.24, 2.45) is 0 Å². The summed E-state index contributed by atoms with van der Waals surface area (Å²) in [6, 6.07) is 9.60. The van der Waals surface area contributed by atoms with E-state index in [4.69, 9.17) is 4.42 Å². The standard InChI is InChI=1S/C19H24N4O3/c1-14-16(26-13-20-14)17(24)23-11-7-10-19(12-23,18(25)22(2)3)21-15-8-5-4-6-9-15/h4-6,8-9,13,21H,7,10-12H2,1-3H3. The van der Waals surface area contributed by atoms with Crippen LogP contribution < -0.4 is 5.32 Å². The first-order valence-corrected chi connectivity index (χ1v) is 8.67. The van der Waals surface area contributed by atoms with E-state index in [1.807, 2.05) is 30.3 Å². The molecule has 0 saturated carbocycles. The number of nitrogens with zero attached hydrogens (tertiary/aromatic N) is 3. The number of piperidine rings is 1. The van der Waals surface area contributed by atoms with Gasteiger partial charge in [0.1, 0.15) is 5.54 Å². The highest BCUT2D eigenvalue weighted by molar-refractivity contribution is 5.95. The van der Waals surface area contributed by atoms with Crippen molar-refractivity contribution in [3.05, 3.63) is 48.2 Å². The lowest BCUT2D eigenvalue weighted by atomic mass is 9.86. The van der Waals surface area contributed by atoms with Gasteiger partial charge in [-0.3, -0.25) is 9.59 Å². The van der Waals surface area contributed by atoms with Gasteiger partial charge in [-0.05, 0) is 31.9 Å². The van der Waals surface area contributed by atoms with E-state index >= 15 is 0 Å². The fourth-order valence-electron chi connectivity index (χ4n) is 3.44. The second-order valence-electron chi connectivity index (χ2n) is 6.87. The average Bonchev–Trinajstić information content (AvgIpc) is 3.07. The molecule has 1 aromatic heterocycles. The van der Waals surface area contributed by atoms with E-state index in [0.29, 0.717) is 18.7 Å². The third-order valence-corrected chi connectivity index (χ3v) is 4.69. The van der Waals surface area contributed by atoms with Gasteiger partial charge in [0, 0.05) is 26.3 Å². The summed E-state index contributed by atoms with van der Waals surface area (Å²) < 4.78 is 5.26. The maximum absolute atomic E-state index is 13.0. The number of amides is 2. The van der Waals surface area contributed by atoms with Crippen molar-refractivity contribution in [2.45, 2.75) is 25.3 Å². The summed E-state index contributed by atoms with van der Waals surface area (Å²) in [6.45, 7) is 2.59. The van der Waals surface area contributed by atoms with E-state index in [-0.39, 0.29) is 24.1 Å². The lowest BCUT2D eigenvalue weighted by Crippen LogP contribution is -2.62. The van der Waals surface area contributed by atoms with Crippen LogP contribution in [-0.4, -0.2) is 59.3 Å². The predicted molar refractivity (Wildman–Crippen MR) is 97.9 cm³/mol. The summed E-state index contributed by atoms with van der Waals surface area (Å²) in [5.74, 6) is -0.0450. The number of rotatable bonds is 4. The predicted octanol–water partition coefficient (Wildman–Crippen LogP) is 2.16. The summed E-state index contributed by atoms with van der Waals surface area (Å²) in [7, 11) is 3.47. The van der Waals surface area contributed by atoms with E-state index in [9.17, 15) is 9.59 Å². The molecule has 1 N–H and O–H groups in total. The van der Waals surface area contributed by atoms with Gasteiger partial charge in [-0.2, -0.15) is 0 Å². The number of benzene rings is 1. The molecule has 138 valence electrons. The van der Waals surface area contributed by atoms with Crippen molar-refractivity contribution in [3.63, 3.8) is 0 Å². The molecular weight excluding hydrogens is 332 g/mol. The van der Waals surface area contributed by atoms with Gasteiger partial charge in [0.05, 0.1) is 12.2 Å². The summed E-state index contributed by atoms with van der Waals surface area (Å²) >= 11 is 0. The molecule has 1 aliphatic heterocycles. The fourth-order valence-corrected chi connectivity index (χ4v) is 3.44. The Morgan fingerprint density at radius 2 is 2.00 bits per heavy atom. The number of aryl methyl sites for hydroxylation is 1. The van der Waals surface area contributed by atoms with Crippen LogP contribution in [0, 0.1) is 6.92 Å². The Morgan fingerprint density at radius 1 is 1.27 bits per heavy atom. The molecule has 1 aromatic carbocycles. The van der Waals surface area contributed by atoms with Gasteiger partial charge in [0.2, 0.25) is 11.7 Å². The molecule has 0 bridgehead atoms. The van der Waals surface area contributed by atoms with E-state index < -0.39 is 5.54 Å². The minimum absolute atomic E-state index is 0.0480. The molecule has 7 nitrogen and oxygen atoms in total. The molecule has 0 aliphatic carbocycles. The highest BCUT2D eigenvalue weighted by Gasteiger charge is 2.45. The minimum Gasteiger partial charge on any atom is -0.438 e. The van der Waals surface area contributed by atoms with Gasteiger partial charge in [-0.25, -0.2) is 4.98 Å². The van der Waals surface area contributed by atoms with Crippen molar-refractivity contribution in [1.82, 2.24) is 14.8 Å². The van der Waals surface area contributed by atoms with Crippen molar-refractivity contribution in [2.75, 3.05) is 32.5 Å².